The lowest BCUT2D eigenvalue weighted by atomic mass is 9.96. The van der Waals surface area contributed by atoms with Crippen LogP contribution in [0.5, 0.6) is 5.75 Å². The number of methoxy groups -OCH3 is 1. The number of carboxylic acid groups (broad SMARTS) is 1. The average molecular weight is 386 g/mol. The van der Waals surface area contributed by atoms with Gasteiger partial charge in [-0.2, -0.15) is 0 Å². The van der Waals surface area contributed by atoms with Crippen LogP contribution in [0.2, 0.25) is 0 Å². The summed E-state index contributed by atoms with van der Waals surface area (Å²) in [5, 5.41) is 11.7. The van der Waals surface area contributed by atoms with Gasteiger partial charge in [-0.05, 0) is 18.9 Å². The van der Waals surface area contributed by atoms with Gasteiger partial charge in [-0.15, -0.1) is 0 Å². The first-order valence-electron chi connectivity index (χ1n) is 8.93. The van der Waals surface area contributed by atoms with E-state index in [2.05, 4.69) is 15.2 Å². The van der Waals surface area contributed by atoms with Gasteiger partial charge in [-0.25, -0.2) is 0 Å². The number of aliphatic carboxylic acids is 1. The van der Waals surface area contributed by atoms with Crippen LogP contribution < -0.4 is 20.5 Å². The van der Waals surface area contributed by atoms with Crippen molar-refractivity contribution < 1.29 is 19.4 Å². The summed E-state index contributed by atoms with van der Waals surface area (Å²) >= 11 is 0. The van der Waals surface area contributed by atoms with Crippen LogP contribution in [0, 0.1) is 5.92 Å². The summed E-state index contributed by atoms with van der Waals surface area (Å²) in [5.74, 6) is -0.869. The summed E-state index contributed by atoms with van der Waals surface area (Å²) in [7, 11) is 1.58. The third kappa shape index (κ3) is 4.67. The van der Waals surface area contributed by atoms with Crippen molar-refractivity contribution in [3.8, 4) is 5.75 Å². The van der Waals surface area contributed by atoms with E-state index in [1.165, 1.54) is 18.3 Å². The standard InChI is InChI=1S/C19H22N4O5/c1-28-16-7-15(8-20-9-16)22-6-2-3-13(10-22)19(27)21-14-4-5-17(24)23(11-14)12-18(25)26/h4-5,7-9,11,13H,2-3,6,10,12H2,1H3,(H,21,27)(H,25,26)/t13-/m0/s1. The molecule has 1 fully saturated rings. The van der Waals surface area contributed by atoms with Crippen molar-refractivity contribution in [1.82, 2.24) is 9.55 Å². The Bertz CT molecular complexity index is 927. The Morgan fingerprint density at radius 3 is 2.93 bits per heavy atom. The fraction of sp³-hybridized carbons (Fsp3) is 0.368. The predicted octanol–water partition coefficient (Wildman–Crippen LogP) is 1.19. The lowest BCUT2D eigenvalue weighted by Crippen LogP contribution is -2.41. The van der Waals surface area contributed by atoms with Gasteiger partial charge in [0.1, 0.15) is 12.3 Å². The number of rotatable bonds is 6. The molecule has 148 valence electrons. The van der Waals surface area contributed by atoms with Gasteiger partial charge in [0.2, 0.25) is 5.91 Å². The second-order valence-corrected chi connectivity index (χ2v) is 6.64. The summed E-state index contributed by atoms with van der Waals surface area (Å²) in [5.41, 5.74) is 0.854. The second-order valence-electron chi connectivity index (χ2n) is 6.64. The molecule has 2 aromatic heterocycles. The van der Waals surface area contributed by atoms with Crippen molar-refractivity contribution >= 4 is 23.3 Å². The molecule has 0 saturated carbocycles. The highest BCUT2D eigenvalue weighted by Gasteiger charge is 2.26. The molecule has 0 aromatic carbocycles. The SMILES string of the molecule is COc1cncc(N2CCC[C@H](C(=O)Nc3ccc(=O)n(CC(=O)O)c3)C2)c1. The molecular formula is C19H22N4O5. The van der Waals surface area contributed by atoms with E-state index < -0.39 is 18.1 Å². The highest BCUT2D eigenvalue weighted by molar-refractivity contribution is 5.93. The maximum atomic E-state index is 12.7. The number of ether oxygens (including phenoxy) is 1. The van der Waals surface area contributed by atoms with Gasteiger partial charge in [0.25, 0.3) is 5.56 Å². The Labute approximate surface area is 161 Å². The lowest BCUT2D eigenvalue weighted by molar-refractivity contribution is -0.137. The molecule has 2 N–H and O–H groups in total. The zero-order valence-electron chi connectivity index (χ0n) is 15.5. The third-order valence-electron chi connectivity index (χ3n) is 4.65. The fourth-order valence-corrected chi connectivity index (χ4v) is 3.24. The van der Waals surface area contributed by atoms with Crippen molar-refractivity contribution in [2.75, 3.05) is 30.4 Å². The number of amides is 1. The minimum atomic E-state index is -1.12. The number of aromatic nitrogens is 2. The molecule has 1 aliphatic rings. The summed E-state index contributed by atoms with van der Waals surface area (Å²) < 4.78 is 6.26. The van der Waals surface area contributed by atoms with E-state index in [1.807, 2.05) is 6.07 Å². The van der Waals surface area contributed by atoms with Crippen molar-refractivity contribution in [2.24, 2.45) is 5.92 Å². The number of pyridine rings is 2. The molecule has 1 saturated heterocycles. The number of nitrogens with zero attached hydrogens (tertiary/aromatic N) is 3. The van der Waals surface area contributed by atoms with Gasteiger partial charge in [0.15, 0.2) is 0 Å². The number of hydrogen-bond acceptors (Lipinski definition) is 6. The molecule has 28 heavy (non-hydrogen) atoms. The van der Waals surface area contributed by atoms with Crippen LogP contribution in [0.15, 0.2) is 41.6 Å². The van der Waals surface area contributed by atoms with Crippen molar-refractivity contribution in [3.05, 3.63) is 47.1 Å². The maximum absolute atomic E-state index is 12.7. The second kappa shape index (κ2) is 8.55. The number of piperidine rings is 1. The number of carbonyl (C=O) groups excluding carboxylic acids is 1. The van der Waals surface area contributed by atoms with E-state index in [-0.39, 0.29) is 11.8 Å². The highest BCUT2D eigenvalue weighted by atomic mass is 16.5. The number of anilines is 2. The Balaban J connectivity index is 1.69. The molecule has 3 heterocycles. The van der Waals surface area contributed by atoms with Crippen molar-refractivity contribution in [3.63, 3.8) is 0 Å². The molecule has 2 aromatic rings. The van der Waals surface area contributed by atoms with Crippen LogP contribution in [0.25, 0.3) is 0 Å². The molecule has 1 atom stereocenters. The Morgan fingerprint density at radius 2 is 2.18 bits per heavy atom. The summed E-state index contributed by atoms with van der Waals surface area (Å²) in [6.07, 6.45) is 6.32. The van der Waals surface area contributed by atoms with Gasteiger partial charge in [-0.3, -0.25) is 19.4 Å². The topological polar surface area (TPSA) is 114 Å². The van der Waals surface area contributed by atoms with E-state index in [1.54, 1.807) is 19.5 Å². The molecule has 0 bridgehead atoms. The smallest absolute Gasteiger partial charge is 0.323 e. The van der Waals surface area contributed by atoms with Gasteiger partial charge in [0, 0.05) is 31.4 Å². The van der Waals surface area contributed by atoms with E-state index >= 15 is 0 Å². The third-order valence-corrected chi connectivity index (χ3v) is 4.65. The quantitative estimate of drug-likeness (QED) is 0.766. The van der Waals surface area contributed by atoms with Crippen LogP contribution in [0.4, 0.5) is 11.4 Å². The van der Waals surface area contributed by atoms with Gasteiger partial charge in [-0.1, -0.05) is 0 Å². The minimum absolute atomic E-state index is 0.166. The van der Waals surface area contributed by atoms with E-state index in [9.17, 15) is 14.4 Å². The summed E-state index contributed by atoms with van der Waals surface area (Å²) in [6.45, 7) is 0.903. The maximum Gasteiger partial charge on any atom is 0.323 e. The zero-order chi connectivity index (χ0) is 20.1. The Morgan fingerprint density at radius 1 is 1.36 bits per heavy atom. The first-order chi connectivity index (χ1) is 13.5. The molecular weight excluding hydrogens is 364 g/mol. The number of nitrogens with one attached hydrogen (secondary N) is 1. The van der Waals surface area contributed by atoms with E-state index in [0.29, 0.717) is 18.0 Å². The first kappa shape index (κ1) is 19.4. The lowest BCUT2D eigenvalue weighted by Gasteiger charge is -2.33. The van der Waals surface area contributed by atoms with Crippen molar-refractivity contribution in [2.45, 2.75) is 19.4 Å². The van der Waals surface area contributed by atoms with Crippen LogP contribution in [-0.4, -0.2) is 46.7 Å². The number of hydrogen-bond donors (Lipinski definition) is 2. The number of carboxylic acids is 1. The molecule has 1 amide bonds. The van der Waals surface area contributed by atoms with Crippen LogP contribution in [0.3, 0.4) is 0 Å². The van der Waals surface area contributed by atoms with Crippen molar-refractivity contribution in [1.29, 1.82) is 0 Å². The molecule has 9 heteroatoms. The Kier molecular flexibility index (Phi) is 5.93. The molecule has 0 unspecified atom stereocenters. The van der Waals surface area contributed by atoms with Gasteiger partial charge >= 0.3 is 5.97 Å². The molecule has 9 nitrogen and oxygen atoms in total. The first-order valence-corrected chi connectivity index (χ1v) is 8.93. The van der Waals surface area contributed by atoms with E-state index in [0.717, 1.165) is 29.6 Å². The molecule has 0 radical (unpaired) electrons. The monoisotopic (exact) mass is 386 g/mol. The zero-order valence-corrected chi connectivity index (χ0v) is 15.5. The average Bonchev–Trinajstić information content (AvgIpc) is 2.70. The highest BCUT2D eigenvalue weighted by Crippen LogP contribution is 2.26. The molecule has 0 spiro atoms. The molecule has 0 aliphatic carbocycles. The Hall–Kier alpha value is -3.36. The largest absolute Gasteiger partial charge is 0.495 e. The normalized spacial score (nSPS) is 16.5. The molecule has 3 rings (SSSR count). The fourth-order valence-electron chi connectivity index (χ4n) is 3.24. The summed E-state index contributed by atoms with van der Waals surface area (Å²) in [6, 6.07) is 4.61. The molecule has 1 aliphatic heterocycles. The minimum Gasteiger partial charge on any atom is -0.495 e. The van der Waals surface area contributed by atoms with E-state index in [4.69, 9.17) is 9.84 Å². The van der Waals surface area contributed by atoms with Crippen LogP contribution >= 0.6 is 0 Å². The van der Waals surface area contributed by atoms with Gasteiger partial charge in [0.05, 0.1) is 36.8 Å². The van der Waals surface area contributed by atoms with Gasteiger partial charge < -0.3 is 24.6 Å². The predicted molar refractivity (Wildman–Crippen MR) is 103 cm³/mol. The van der Waals surface area contributed by atoms with Crippen LogP contribution in [0.1, 0.15) is 12.8 Å². The van der Waals surface area contributed by atoms with Crippen LogP contribution in [-0.2, 0) is 16.1 Å². The number of carbonyl (C=O) groups is 2. The summed E-state index contributed by atoms with van der Waals surface area (Å²) in [4.78, 5) is 41.5.